The first-order chi connectivity index (χ1) is 13.1. The predicted octanol–water partition coefficient (Wildman–Crippen LogP) is 5.04. The maximum Gasteiger partial charge on any atom is 0.416 e. The van der Waals surface area contributed by atoms with Gasteiger partial charge in [-0.15, -0.1) is 0 Å². The lowest BCUT2D eigenvalue weighted by Gasteiger charge is -2.16. The molecule has 1 fully saturated rings. The highest BCUT2D eigenvalue weighted by Gasteiger charge is 2.36. The number of amides is 1. The SMILES string of the molecule is CC(=O)Oc1ccc(C=C2SC(=S)N(c3cccc(C(F)(F)F)c3)C2=O)cc1. The normalized spacial score (nSPS) is 16.0. The molecule has 0 bridgehead atoms. The van der Waals surface area contributed by atoms with Crippen LogP contribution in [0.15, 0.2) is 53.4 Å². The standard InChI is InChI=1S/C19H12F3NO3S2/c1-11(24)26-15-7-5-12(6-8-15)9-16-17(25)23(18(27)28-16)14-4-2-3-13(10-14)19(20,21)22/h2-10H,1H3. The monoisotopic (exact) mass is 423 g/mol. The van der Waals surface area contributed by atoms with Crippen molar-refractivity contribution in [3.63, 3.8) is 0 Å². The van der Waals surface area contributed by atoms with Crippen LogP contribution < -0.4 is 9.64 Å². The van der Waals surface area contributed by atoms with Crippen molar-refractivity contribution in [3.8, 4) is 5.75 Å². The van der Waals surface area contributed by atoms with Crippen molar-refractivity contribution in [2.45, 2.75) is 13.1 Å². The Morgan fingerprint density at radius 1 is 1.18 bits per heavy atom. The number of halogens is 3. The average Bonchev–Trinajstić information content (AvgIpc) is 2.89. The number of hydrogen-bond donors (Lipinski definition) is 0. The van der Waals surface area contributed by atoms with Gasteiger partial charge in [-0.3, -0.25) is 14.5 Å². The van der Waals surface area contributed by atoms with Crippen LogP contribution in [0.2, 0.25) is 0 Å². The maximum absolute atomic E-state index is 12.9. The van der Waals surface area contributed by atoms with Crippen molar-refractivity contribution in [1.82, 2.24) is 0 Å². The maximum atomic E-state index is 12.9. The lowest BCUT2D eigenvalue weighted by molar-refractivity contribution is -0.137. The fourth-order valence-corrected chi connectivity index (χ4v) is 3.76. The molecule has 144 valence electrons. The minimum absolute atomic E-state index is 0.0610. The highest BCUT2D eigenvalue weighted by Crippen LogP contribution is 2.38. The molecule has 28 heavy (non-hydrogen) atoms. The quantitative estimate of drug-likeness (QED) is 0.300. The number of hydrogen-bond acceptors (Lipinski definition) is 5. The largest absolute Gasteiger partial charge is 0.427 e. The fourth-order valence-electron chi connectivity index (χ4n) is 2.46. The van der Waals surface area contributed by atoms with Gasteiger partial charge in [0.1, 0.15) is 5.75 Å². The van der Waals surface area contributed by atoms with Gasteiger partial charge >= 0.3 is 12.1 Å². The van der Waals surface area contributed by atoms with Crippen molar-refractivity contribution < 1.29 is 27.5 Å². The van der Waals surface area contributed by atoms with Gasteiger partial charge in [0.25, 0.3) is 5.91 Å². The van der Waals surface area contributed by atoms with Crippen LogP contribution in [0.4, 0.5) is 18.9 Å². The molecule has 0 saturated carbocycles. The molecule has 9 heteroatoms. The number of rotatable bonds is 3. The molecule has 1 heterocycles. The second kappa shape index (κ2) is 7.76. The molecule has 0 aromatic heterocycles. The van der Waals surface area contributed by atoms with Crippen LogP contribution in [0.25, 0.3) is 6.08 Å². The lowest BCUT2D eigenvalue weighted by atomic mass is 10.1. The van der Waals surface area contributed by atoms with E-state index in [1.807, 2.05) is 0 Å². The number of carbonyl (C=O) groups excluding carboxylic acids is 2. The van der Waals surface area contributed by atoms with Gasteiger partial charge < -0.3 is 4.74 Å². The molecule has 0 aliphatic carbocycles. The van der Waals surface area contributed by atoms with Crippen LogP contribution >= 0.6 is 24.0 Å². The Balaban J connectivity index is 1.86. The number of alkyl halides is 3. The fraction of sp³-hybridized carbons (Fsp3) is 0.105. The van der Waals surface area contributed by atoms with E-state index in [1.165, 1.54) is 19.1 Å². The van der Waals surface area contributed by atoms with Gasteiger partial charge in [0.2, 0.25) is 0 Å². The third-order valence-corrected chi connectivity index (χ3v) is 4.97. The zero-order valence-corrected chi connectivity index (χ0v) is 16.0. The van der Waals surface area contributed by atoms with E-state index in [9.17, 15) is 22.8 Å². The Hall–Kier alpha value is -2.65. The van der Waals surface area contributed by atoms with E-state index in [0.29, 0.717) is 11.3 Å². The Morgan fingerprint density at radius 2 is 1.86 bits per heavy atom. The third kappa shape index (κ3) is 4.42. The Bertz CT molecular complexity index is 985. The number of anilines is 1. The molecule has 1 amide bonds. The van der Waals surface area contributed by atoms with Crippen LogP contribution in [0.1, 0.15) is 18.1 Å². The van der Waals surface area contributed by atoms with Crippen LogP contribution in [0.3, 0.4) is 0 Å². The molecule has 2 aromatic carbocycles. The van der Waals surface area contributed by atoms with Gasteiger partial charge in [-0.2, -0.15) is 13.2 Å². The van der Waals surface area contributed by atoms with Gasteiger partial charge in [-0.05, 0) is 42.0 Å². The molecule has 2 aromatic rings. The molecule has 3 rings (SSSR count). The summed E-state index contributed by atoms with van der Waals surface area (Å²) in [7, 11) is 0. The molecule has 1 aliphatic heterocycles. The van der Waals surface area contributed by atoms with E-state index < -0.39 is 23.6 Å². The summed E-state index contributed by atoms with van der Waals surface area (Å²) in [5, 5.41) is 0. The Kier molecular flexibility index (Phi) is 5.57. The molecule has 1 aliphatic rings. The number of ether oxygens (including phenoxy) is 1. The third-order valence-electron chi connectivity index (χ3n) is 3.66. The highest BCUT2D eigenvalue weighted by molar-refractivity contribution is 8.27. The number of benzene rings is 2. The van der Waals surface area contributed by atoms with E-state index in [1.54, 1.807) is 30.3 Å². The first-order valence-corrected chi connectivity index (χ1v) is 9.11. The average molecular weight is 423 g/mol. The molecular weight excluding hydrogens is 411 g/mol. The molecule has 0 radical (unpaired) electrons. The zero-order valence-electron chi connectivity index (χ0n) is 14.3. The van der Waals surface area contributed by atoms with E-state index in [0.717, 1.165) is 28.8 Å². The van der Waals surface area contributed by atoms with E-state index in [-0.39, 0.29) is 14.9 Å². The summed E-state index contributed by atoms with van der Waals surface area (Å²) in [6.45, 7) is 1.28. The van der Waals surface area contributed by atoms with E-state index >= 15 is 0 Å². The summed E-state index contributed by atoms with van der Waals surface area (Å²) in [4.78, 5) is 25.0. The summed E-state index contributed by atoms with van der Waals surface area (Å²) in [6, 6.07) is 10.9. The smallest absolute Gasteiger partial charge is 0.416 e. The summed E-state index contributed by atoms with van der Waals surface area (Å²) >= 11 is 6.19. The second-order valence-corrected chi connectivity index (χ2v) is 7.40. The summed E-state index contributed by atoms with van der Waals surface area (Å²) in [5.74, 6) is -0.589. The van der Waals surface area contributed by atoms with Gasteiger partial charge in [-0.25, -0.2) is 0 Å². The van der Waals surface area contributed by atoms with Gasteiger partial charge in [0, 0.05) is 6.92 Å². The molecule has 0 N–H and O–H groups in total. The van der Waals surface area contributed by atoms with Crippen molar-refractivity contribution >= 4 is 51.9 Å². The van der Waals surface area contributed by atoms with Crippen LogP contribution in [-0.4, -0.2) is 16.2 Å². The lowest BCUT2D eigenvalue weighted by Crippen LogP contribution is -2.27. The predicted molar refractivity (Wildman–Crippen MR) is 105 cm³/mol. The molecule has 4 nitrogen and oxygen atoms in total. The Labute approximate surface area is 168 Å². The molecular formula is C19H12F3NO3S2. The number of thioether (sulfide) groups is 1. The summed E-state index contributed by atoms with van der Waals surface area (Å²) < 4.78 is 43.9. The minimum atomic E-state index is -4.52. The number of esters is 1. The first kappa shape index (κ1) is 20.1. The van der Waals surface area contributed by atoms with Gasteiger partial charge in [0.15, 0.2) is 4.32 Å². The topological polar surface area (TPSA) is 46.6 Å². The zero-order chi connectivity index (χ0) is 20.5. The number of carbonyl (C=O) groups is 2. The van der Waals surface area contributed by atoms with Crippen molar-refractivity contribution in [1.29, 1.82) is 0 Å². The van der Waals surface area contributed by atoms with E-state index in [2.05, 4.69) is 0 Å². The first-order valence-electron chi connectivity index (χ1n) is 7.89. The van der Waals surface area contributed by atoms with Crippen molar-refractivity contribution in [2.75, 3.05) is 4.90 Å². The molecule has 1 saturated heterocycles. The minimum Gasteiger partial charge on any atom is -0.427 e. The van der Waals surface area contributed by atoms with Gasteiger partial charge in [0.05, 0.1) is 16.2 Å². The highest BCUT2D eigenvalue weighted by atomic mass is 32.2. The van der Waals surface area contributed by atoms with Crippen LogP contribution in [0.5, 0.6) is 5.75 Å². The van der Waals surface area contributed by atoms with Gasteiger partial charge in [-0.1, -0.05) is 42.2 Å². The Morgan fingerprint density at radius 3 is 2.46 bits per heavy atom. The van der Waals surface area contributed by atoms with Crippen molar-refractivity contribution in [2.24, 2.45) is 0 Å². The van der Waals surface area contributed by atoms with E-state index in [4.69, 9.17) is 17.0 Å². The van der Waals surface area contributed by atoms with Crippen LogP contribution in [0, 0.1) is 0 Å². The molecule has 0 spiro atoms. The van der Waals surface area contributed by atoms with Crippen LogP contribution in [-0.2, 0) is 15.8 Å². The second-order valence-electron chi connectivity index (χ2n) is 5.73. The molecule has 0 atom stereocenters. The summed E-state index contributed by atoms with van der Waals surface area (Å²) in [5.41, 5.74) is -0.143. The summed E-state index contributed by atoms with van der Waals surface area (Å²) in [6.07, 6.45) is -2.94. The number of nitrogens with zero attached hydrogens (tertiary/aromatic N) is 1. The van der Waals surface area contributed by atoms with Crippen molar-refractivity contribution in [3.05, 3.63) is 64.6 Å². The number of thiocarbonyl (C=S) groups is 1. The molecule has 0 unspecified atom stereocenters.